The van der Waals surface area contributed by atoms with E-state index in [0.29, 0.717) is 5.92 Å². The molecular formula is C7H13NO. The Balaban J connectivity index is 3.84. The van der Waals surface area contributed by atoms with Gasteiger partial charge in [0.1, 0.15) is 0 Å². The molecule has 0 aromatic rings. The van der Waals surface area contributed by atoms with Gasteiger partial charge in [0.05, 0.1) is 6.21 Å². The fourth-order valence-electron chi connectivity index (χ4n) is 0.343. The highest BCUT2D eigenvalue weighted by Crippen LogP contribution is 2.05. The van der Waals surface area contributed by atoms with E-state index in [4.69, 9.17) is 5.21 Å². The van der Waals surface area contributed by atoms with E-state index in [-0.39, 0.29) is 0 Å². The number of nitrogens with zero attached hydrogens (tertiary/aromatic N) is 1. The summed E-state index contributed by atoms with van der Waals surface area (Å²) in [6, 6.07) is 0. The summed E-state index contributed by atoms with van der Waals surface area (Å²) < 4.78 is 0. The van der Waals surface area contributed by atoms with Crippen LogP contribution in [0.25, 0.3) is 0 Å². The molecule has 0 saturated carbocycles. The van der Waals surface area contributed by atoms with Crippen molar-refractivity contribution in [2.45, 2.75) is 20.8 Å². The van der Waals surface area contributed by atoms with Crippen LogP contribution >= 0.6 is 0 Å². The smallest absolute Gasteiger partial charge is 0.0661 e. The van der Waals surface area contributed by atoms with Gasteiger partial charge in [-0.3, -0.25) is 0 Å². The molecule has 0 aliphatic rings. The first-order chi connectivity index (χ1) is 4.18. The van der Waals surface area contributed by atoms with Gasteiger partial charge in [-0.05, 0) is 18.9 Å². The van der Waals surface area contributed by atoms with Crippen LogP contribution in [0, 0.1) is 5.92 Å². The van der Waals surface area contributed by atoms with E-state index in [1.807, 2.05) is 6.92 Å². The van der Waals surface area contributed by atoms with Gasteiger partial charge in [0, 0.05) is 0 Å². The third-order valence-corrected chi connectivity index (χ3v) is 1.31. The molecule has 0 heterocycles. The number of allylic oxidation sites excluding steroid dienone is 2. The van der Waals surface area contributed by atoms with E-state index in [1.54, 1.807) is 6.08 Å². The van der Waals surface area contributed by atoms with Crippen LogP contribution in [0.4, 0.5) is 0 Å². The second-order valence-corrected chi connectivity index (χ2v) is 2.33. The van der Waals surface area contributed by atoms with Crippen LogP contribution in [0.15, 0.2) is 16.8 Å². The number of hydrogen-bond donors (Lipinski definition) is 1. The lowest BCUT2D eigenvalue weighted by Crippen LogP contribution is -1.87. The van der Waals surface area contributed by atoms with Crippen molar-refractivity contribution in [3.8, 4) is 0 Å². The largest absolute Gasteiger partial charge is 0.411 e. The maximum Gasteiger partial charge on any atom is 0.0661 e. The molecule has 0 amide bonds. The molecule has 1 N–H and O–H groups in total. The Labute approximate surface area is 55.9 Å². The van der Waals surface area contributed by atoms with Crippen molar-refractivity contribution in [1.82, 2.24) is 0 Å². The first-order valence-electron chi connectivity index (χ1n) is 3.02. The lowest BCUT2D eigenvalue weighted by atomic mass is 10.1. The standard InChI is InChI=1S/C7H13NO/c1-6(2)7(3)4-5-8-9/h4-6,9H,1-3H3/b7-4+,8-5+. The highest BCUT2D eigenvalue weighted by atomic mass is 16.4. The zero-order chi connectivity index (χ0) is 7.28. The maximum atomic E-state index is 8.02. The highest BCUT2D eigenvalue weighted by molar-refractivity contribution is 5.71. The molecule has 0 spiro atoms. The van der Waals surface area contributed by atoms with Crippen LogP contribution in [0.1, 0.15) is 20.8 Å². The Morgan fingerprint density at radius 2 is 2.11 bits per heavy atom. The van der Waals surface area contributed by atoms with Crippen molar-refractivity contribution in [2.24, 2.45) is 11.1 Å². The van der Waals surface area contributed by atoms with Crippen LogP contribution in [-0.4, -0.2) is 11.4 Å². The second-order valence-electron chi connectivity index (χ2n) is 2.33. The monoisotopic (exact) mass is 127 g/mol. The molecule has 0 saturated heterocycles. The average Bonchev–Trinajstić information content (AvgIpc) is 1.82. The molecule has 0 aliphatic carbocycles. The number of hydrogen-bond acceptors (Lipinski definition) is 2. The predicted molar refractivity (Wildman–Crippen MR) is 38.9 cm³/mol. The van der Waals surface area contributed by atoms with E-state index in [0.717, 1.165) is 0 Å². The lowest BCUT2D eigenvalue weighted by molar-refractivity contribution is 0.322. The Hall–Kier alpha value is -0.790. The minimum absolute atomic E-state index is 0.531. The van der Waals surface area contributed by atoms with Gasteiger partial charge in [0.2, 0.25) is 0 Å². The Morgan fingerprint density at radius 1 is 1.56 bits per heavy atom. The van der Waals surface area contributed by atoms with E-state index in [1.165, 1.54) is 11.8 Å². The van der Waals surface area contributed by atoms with Gasteiger partial charge in [-0.2, -0.15) is 0 Å². The minimum Gasteiger partial charge on any atom is -0.411 e. The van der Waals surface area contributed by atoms with E-state index < -0.39 is 0 Å². The first kappa shape index (κ1) is 8.21. The Kier molecular flexibility index (Phi) is 3.76. The van der Waals surface area contributed by atoms with Crippen molar-refractivity contribution in [3.63, 3.8) is 0 Å². The van der Waals surface area contributed by atoms with Crippen LogP contribution in [-0.2, 0) is 0 Å². The van der Waals surface area contributed by atoms with Crippen LogP contribution in [0.3, 0.4) is 0 Å². The van der Waals surface area contributed by atoms with Crippen LogP contribution in [0.5, 0.6) is 0 Å². The van der Waals surface area contributed by atoms with Gasteiger partial charge < -0.3 is 5.21 Å². The summed E-state index contributed by atoms with van der Waals surface area (Å²) in [5.74, 6) is 0.531. The van der Waals surface area contributed by atoms with Crippen LogP contribution in [0.2, 0.25) is 0 Å². The van der Waals surface area contributed by atoms with Crippen LogP contribution < -0.4 is 0 Å². The average molecular weight is 127 g/mol. The van der Waals surface area contributed by atoms with Gasteiger partial charge >= 0.3 is 0 Å². The molecule has 2 heteroatoms. The van der Waals surface area contributed by atoms with Gasteiger partial charge in [0.15, 0.2) is 0 Å². The summed E-state index contributed by atoms with van der Waals surface area (Å²) in [4.78, 5) is 0. The third kappa shape index (κ3) is 3.76. The van der Waals surface area contributed by atoms with Crippen molar-refractivity contribution < 1.29 is 5.21 Å². The molecule has 9 heavy (non-hydrogen) atoms. The lowest BCUT2D eigenvalue weighted by Gasteiger charge is -2.00. The molecule has 0 atom stereocenters. The SMILES string of the molecule is C/C(=C\C=N\O)C(C)C. The fourth-order valence-corrected chi connectivity index (χ4v) is 0.343. The van der Waals surface area contributed by atoms with Gasteiger partial charge in [0.25, 0.3) is 0 Å². The molecule has 0 unspecified atom stereocenters. The number of oxime groups is 1. The molecule has 0 aromatic carbocycles. The Bertz CT molecular complexity index is 125. The molecule has 0 aliphatic heterocycles. The molecule has 0 fully saturated rings. The van der Waals surface area contributed by atoms with Gasteiger partial charge in [-0.15, -0.1) is 0 Å². The minimum atomic E-state index is 0.531. The summed E-state index contributed by atoms with van der Waals surface area (Å²) in [6.07, 6.45) is 3.18. The Morgan fingerprint density at radius 3 is 2.44 bits per heavy atom. The van der Waals surface area contributed by atoms with Gasteiger partial charge in [-0.1, -0.05) is 24.6 Å². The quantitative estimate of drug-likeness (QED) is 0.343. The summed E-state index contributed by atoms with van der Waals surface area (Å²) in [5.41, 5.74) is 1.22. The van der Waals surface area contributed by atoms with E-state index >= 15 is 0 Å². The first-order valence-corrected chi connectivity index (χ1v) is 3.02. The number of rotatable bonds is 2. The second kappa shape index (κ2) is 4.13. The van der Waals surface area contributed by atoms with Crippen molar-refractivity contribution >= 4 is 6.21 Å². The highest BCUT2D eigenvalue weighted by Gasteiger charge is 1.92. The van der Waals surface area contributed by atoms with E-state index in [2.05, 4.69) is 19.0 Å². The maximum absolute atomic E-state index is 8.02. The summed E-state index contributed by atoms with van der Waals surface area (Å²) >= 11 is 0. The van der Waals surface area contributed by atoms with Gasteiger partial charge in [-0.25, -0.2) is 0 Å². The molecule has 0 rings (SSSR count). The topological polar surface area (TPSA) is 32.6 Å². The van der Waals surface area contributed by atoms with Crippen molar-refractivity contribution in [2.75, 3.05) is 0 Å². The zero-order valence-corrected chi connectivity index (χ0v) is 6.13. The summed E-state index contributed by atoms with van der Waals surface area (Å²) in [5, 5.41) is 10.9. The van der Waals surface area contributed by atoms with E-state index in [9.17, 15) is 0 Å². The summed E-state index contributed by atoms with van der Waals surface area (Å²) in [7, 11) is 0. The zero-order valence-electron chi connectivity index (χ0n) is 6.13. The molecule has 52 valence electrons. The fraction of sp³-hybridized carbons (Fsp3) is 0.571. The normalized spacial score (nSPS) is 13.6. The third-order valence-electron chi connectivity index (χ3n) is 1.31. The molecule has 0 bridgehead atoms. The molecule has 2 nitrogen and oxygen atoms in total. The van der Waals surface area contributed by atoms with Crippen molar-refractivity contribution in [3.05, 3.63) is 11.6 Å². The predicted octanol–water partition coefficient (Wildman–Crippen LogP) is 2.05. The molecule has 0 aromatic heterocycles. The molecular weight excluding hydrogens is 114 g/mol. The van der Waals surface area contributed by atoms with Crippen molar-refractivity contribution in [1.29, 1.82) is 0 Å². The molecule has 0 radical (unpaired) electrons. The summed E-state index contributed by atoms with van der Waals surface area (Å²) in [6.45, 7) is 6.19.